The van der Waals surface area contributed by atoms with Crippen LogP contribution in [0.15, 0.2) is 48.5 Å². The maximum atomic E-state index is 13.4. The normalized spacial score (nSPS) is 18.3. The van der Waals surface area contributed by atoms with Gasteiger partial charge in [-0.2, -0.15) is 0 Å². The Kier molecular flexibility index (Phi) is 4.42. The maximum Gasteiger partial charge on any atom is 0.254 e. The van der Waals surface area contributed by atoms with Crippen molar-refractivity contribution < 1.29 is 18.4 Å². The highest BCUT2D eigenvalue weighted by Crippen LogP contribution is 2.49. The van der Waals surface area contributed by atoms with Gasteiger partial charge in [-0.3, -0.25) is 9.59 Å². The summed E-state index contributed by atoms with van der Waals surface area (Å²) in [5, 5.41) is 0. The highest BCUT2D eigenvalue weighted by molar-refractivity contribution is 5.95. The van der Waals surface area contributed by atoms with E-state index in [2.05, 4.69) is 0 Å². The molecule has 140 valence electrons. The van der Waals surface area contributed by atoms with Crippen LogP contribution >= 0.6 is 0 Å². The maximum absolute atomic E-state index is 13.4. The lowest BCUT2D eigenvalue weighted by Gasteiger charge is -2.36. The zero-order valence-electron chi connectivity index (χ0n) is 14.8. The van der Waals surface area contributed by atoms with Crippen molar-refractivity contribution in [2.45, 2.75) is 18.3 Å². The van der Waals surface area contributed by atoms with Crippen molar-refractivity contribution >= 4 is 11.8 Å². The van der Waals surface area contributed by atoms with Crippen LogP contribution in [0, 0.1) is 11.6 Å². The minimum atomic E-state index is -1.03. The first-order valence-corrected chi connectivity index (χ1v) is 9.10. The van der Waals surface area contributed by atoms with Crippen LogP contribution in [0.25, 0.3) is 0 Å². The van der Waals surface area contributed by atoms with Crippen molar-refractivity contribution in [1.29, 1.82) is 0 Å². The van der Waals surface area contributed by atoms with Gasteiger partial charge in [-0.1, -0.05) is 30.3 Å². The van der Waals surface area contributed by atoms with Gasteiger partial charge in [-0.25, -0.2) is 8.78 Å². The third-order valence-corrected chi connectivity index (χ3v) is 5.51. The predicted octanol–water partition coefficient (Wildman–Crippen LogP) is 2.98. The van der Waals surface area contributed by atoms with Crippen molar-refractivity contribution in [2.24, 2.45) is 0 Å². The number of benzene rings is 2. The molecule has 2 fully saturated rings. The van der Waals surface area contributed by atoms with Gasteiger partial charge in [0, 0.05) is 31.7 Å². The largest absolute Gasteiger partial charge is 0.338 e. The van der Waals surface area contributed by atoms with Gasteiger partial charge in [0.15, 0.2) is 11.6 Å². The summed E-state index contributed by atoms with van der Waals surface area (Å²) >= 11 is 0. The Hall–Kier alpha value is -2.76. The van der Waals surface area contributed by atoms with E-state index in [1.165, 1.54) is 6.07 Å². The van der Waals surface area contributed by atoms with E-state index in [9.17, 15) is 18.4 Å². The van der Waals surface area contributed by atoms with Crippen LogP contribution in [-0.4, -0.2) is 47.8 Å². The number of halogens is 2. The highest BCUT2D eigenvalue weighted by Gasteiger charge is 2.53. The van der Waals surface area contributed by atoms with Crippen LogP contribution in [-0.2, 0) is 10.2 Å². The van der Waals surface area contributed by atoms with E-state index in [1.807, 2.05) is 35.2 Å². The number of piperazine rings is 1. The first-order chi connectivity index (χ1) is 13.0. The second kappa shape index (κ2) is 6.76. The molecule has 2 aromatic carbocycles. The molecule has 0 aromatic heterocycles. The predicted molar refractivity (Wildman–Crippen MR) is 96.2 cm³/mol. The monoisotopic (exact) mass is 370 g/mol. The second-order valence-corrected chi connectivity index (χ2v) is 7.16. The van der Waals surface area contributed by atoms with Crippen molar-refractivity contribution in [3.05, 3.63) is 71.3 Å². The number of hydrogen-bond acceptors (Lipinski definition) is 2. The molecular formula is C21H20F2N2O2. The van der Waals surface area contributed by atoms with E-state index < -0.39 is 17.0 Å². The highest BCUT2D eigenvalue weighted by atomic mass is 19.2. The average molecular weight is 370 g/mol. The number of carbonyl (C=O) groups excluding carboxylic acids is 2. The molecule has 1 saturated heterocycles. The fourth-order valence-corrected chi connectivity index (χ4v) is 3.74. The molecule has 0 spiro atoms. The summed E-state index contributed by atoms with van der Waals surface area (Å²) in [5.74, 6) is -2.23. The average Bonchev–Trinajstić information content (AvgIpc) is 3.52. The minimum Gasteiger partial charge on any atom is -0.338 e. The van der Waals surface area contributed by atoms with Gasteiger partial charge in [0.05, 0.1) is 5.41 Å². The van der Waals surface area contributed by atoms with Gasteiger partial charge in [-0.05, 0) is 36.6 Å². The van der Waals surface area contributed by atoms with Gasteiger partial charge >= 0.3 is 0 Å². The summed E-state index contributed by atoms with van der Waals surface area (Å²) in [4.78, 5) is 28.9. The molecule has 0 radical (unpaired) electrons. The van der Waals surface area contributed by atoms with Crippen molar-refractivity contribution in [1.82, 2.24) is 9.80 Å². The summed E-state index contributed by atoms with van der Waals surface area (Å²) in [6, 6.07) is 13.0. The van der Waals surface area contributed by atoms with Crippen LogP contribution in [0.4, 0.5) is 8.78 Å². The molecule has 0 unspecified atom stereocenters. The van der Waals surface area contributed by atoms with Crippen molar-refractivity contribution in [3.63, 3.8) is 0 Å². The fraction of sp³-hybridized carbons (Fsp3) is 0.333. The lowest BCUT2D eigenvalue weighted by Crippen LogP contribution is -2.53. The van der Waals surface area contributed by atoms with E-state index in [1.54, 1.807) is 4.90 Å². The van der Waals surface area contributed by atoms with E-state index in [4.69, 9.17) is 0 Å². The summed E-state index contributed by atoms with van der Waals surface area (Å²) < 4.78 is 26.4. The third kappa shape index (κ3) is 3.20. The number of rotatable bonds is 3. The molecule has 2 aromatic rings. The van der Waals surface area contributed by atoms with Gasteiger partial charge in [0.2, 0.25) is 5.91 Å². The van der Waals surface area contributed by atoms with Gasteiger partial charge in [0.1, 0.15) is 0 Å². The Bertz CT molecular complexity index is 873. The molecular weight excluding hydrogens is 350 g/mol. The van der Waals surface area contributed by atoms with Gasteiger partial charge < -0.3 is 9.80 Å². The molecule has 1 heterocycles. The zero-order valence-corrected chi connectivity index (χ0v) is 14.8. The van der Waals surface area contributed by atoms with Gasteiger partial charge in [0.25, 0.3) is 5.91 Å². The quantitative estimate of drug-likeness (QED) is 0.834. The molecule has 4 rings (SSSR count). The standard InChI is InChI=1S/C21H20F2N2O2/c22-17-7-6-15(14-18(17)23)19(26)24-10-12-25(13-11-24)20(27)21(8-9-21)16-4-2-1-3-5-16/h1-7,14H,8-13H2. The summed E-state index contributed by atoms with van der Waals surface area (Å²) in [7, 11) is 0. The SMILES string of the molecule is O=C(c1ccc(F)c(F)c1)N1CCN(C(=O)C2(c3ccccc3)CC2)CC1. The molecule has 1 saturated carbocycles. The van der Waals surface area contributed by atoms with Crippen LogP contribution in [0.2, 0.25) is 0 Å². The number of nitrogens with zero attached hydrogens (tertiary/aromatic N) is 2. The molecule has 4 nitrogen and oxygen atoms in total. The van der Waals surface area contributed by atoms with Crippen molar-refractivity contribution in [2.75, 3.05) is 26.2 Å². The van der Waals surface area contributed by atoms with Crippen LogP contribution < -0.4 is 0 Å². The summed E-state index contributed by atoms with van der Waals surface area (Å²) in [6.45, 7) is 1.66. The number of hydrogen-bond donors (Lipinski definition) is 0. The molecule has 0 atom stereocenters. The molecule has 2 aliphatic rings. The molecule has 1 aliphatic carbocycles. The Balaban J connectivity index is 1.41. The third-order valence-electron chi connectivity index (χ3n) is 5.51. The van der Waals surface area contributed by atoms with Crippen LogP contribution in [0.5, 0.6) is 0 Å². The van der Waals surface area contributed by atoms with E-state index in [0.717, 1.165) is 30.5 Å². The molecule has 0 bridgehead atoms. The molecule has 27 heavy (non-hydrogen) atoms. The lowest BCUT2D eigenvalue weighted by atomic mass is 9.94. The summed E-state index contributed by atoms with van der Waals surface area (Å²) in [5.41, 5.74) is 0.764. The molecule has 1 aliphatic heterocycles. The smallest absolute Gasteiger partial charge is 0.254 e. The summed E-state index contributed by atoms with van der Waals surface area (Å²) in [6.07, 6.45) is 1.70. The zero-order chi connectivity index (χ0) is 19.0. The van der Waals surface area contributed by atoms with E-state index >= 15 is 0 Å². The van der Waals surface area contributed by atoms with E-state index in [-0.39, 0.29) is 17.4 Å². The topological polar surface area (TPSA) is 40.6 Å². The fourth-order valence-electron chi connectivity index (χ4n) is 3.74. The van der Waals surface area contributed by atoms with E-state index in [0.29, 0.717) is 26.2 Å². The Morgan fingerprint density at radius 2 is 1.44 bits per heavy atom. The first kappa shape index (κ1) is 17.6. The number of amides is 2. The van der Waals surface area contributed by atoms with Crippen molar-refractivity contribution in [3.8, 4) is 0 Å². The molecule has 2 amide bonds. The first-order valence-electron chi connectivity index (χ1n) is 9.10. The van der Waals surface area contributed by atoms with Crippen LogP contribution in [0.1, 0.15) is 28.8 Å². The molecule has 0 N–H and O–H groups in total. The minimum absolute atomic E-state index is 0.119. The Labute approximate surface area is 156 Å². The Morgan fingerprint density at radius 1 is 0.815 bits per heavy atom. The second-order valence-electron chi connectivity index (χ2n) is 7.16. The lowest BCUT2D eigenvalue weighted by molar-refractivity contribution is -0.135. The molecule has 6 heteroatoms. The number of carbonyl (C=O) groups is 2. The van der Waals surface area contributed by atoms with Crippen LogP contribution in [0.3, 0.4) is 0 Å². The van der Waals surface area contributed by atoms with Gasteiger partial charge in [-0.15, -0.1) is 0 Å². The Morgan fingerprint density at radius 3 is 2.04 bits per heavy atom.